The van der Waals surface area contributed by atoms with Crippen LogP contribution in [-0.4, -0.2) is 28.9 Å². The molecule has 1 aliphatic rings. The van der Waals surface area contributed by atoms with Crippen LogP contribution in [0.3, 0.4) is 0 Å². The van der Waals surface area contributed by atoms with Crippen molar-refractivity contribution in [2.24, 2.45) is 0 Å². The van der Waals surface area contributed by atoms with Gasteiger partial charge in [0.1, 0.15) is 5.44 Å². The number of ether oxygens (including phenoxy) is 1. The lowest BCUT2D eigenvalue weighted by Crippen LogP contribution is -2.17. The summed E-state index contributed by atoms with van der Waals surface area (Å²) in [5, 5.41) is 8.37. The number of carboxylic acid groups (broad SMARTS) is 1. The maximum absolute atomic E-state index is 10.2. The number of hydrogen-bond acceptors (Lipinski definition) is 3. The van der Waals surface area contributed by atoms with Gasteiger partial charge in [-0.2, -0.15) is 0 Å². The number of aliphatic carboxylic acids is 1. The maximum atomic E-state index is 10.2. The highest BCUT2D eigenvalue weighted by Crippen LogP contribution is 2.22. The maximum Gasteiger partial charge on any atom is 0.313 e. The molecular formula is C7H12O3S. The molecule has 0 unspecified atom stereocenters. The van der Waals surface area contributed by atoms with Gasteiger partial charge >= 0.3 is 5.97 Å². The quantitative estimate of drug-likeness (QED) is 0.704. The predicted molar refractivity (Wildman–Crippen MR) is 43.7 cm³/mol. The lowest BCUT2D eigenvalue weighted by atomic mass is 10.2. The molecule has 1 N–H and O–H groups in total. The second-order valence-electron chi connectivity index (χ2n) is 2.50. The molecule has 1 saturated heterocycles. The Morgan fingerprint density at radius 1 is 1.64 bits per heavy atom. The van der Waals surface area contributed by atoms with E-state index in [0.29, 0.717) is 0 Å². The van der Waals surface area contributed by atoms with Crippen LogP contribution in [0.5, 0.6) is 0 Å². The normalized spacial score (nSPS) is 24.9. The van der Waals surface area contributed by atoms with Crippen molar-refractivity contribution in [1.82, 2.24) is 0 Å². The summed E-state index contributed by atoms with van der Waals surface area (Å²) in [5.74, 6) is -0.603. The van der Waals surface area contributed by atoms with Crippen LogP contribution >= 0.6 is 11.8 Å². The van der Waals surface area contributed by atoms with Gasteiger partial charge in [-0.15, -0.1) is 11.8 Å². The molecule has 0 bridgehead atoms. The molecule has 11 heavy (non-hydrogen) atoms. The van der Waals surface area contributed by atoms with Crippen LogP contribution < -0.4 is 0 Å². The number of thioether (sulfide) groups is 1. The SMILES string of the molecule is O=C(O)CS[C@@H]1CCCCO1. The number of carbonyl (C=O) groups is 1. The van der Waals surface area contributed by atoms with E-state index in [-0.39, 0.29) is 11.2 Å². The molecular weight excluding hydrogens is 164 g/mol. The molecule has 1 rings (SSSR count). The van der Waals surface area contributed by atoms with E-state index in [1.165, 1.54) is 11.8 Å². The van der Waals surface area contributed by atoms with Gasteiger partial charge in [0.2, 0.25) is 0 Å². The van der Waals surface area contributed by atoms with Gasteiger partial charge in [-0.25, -0.2) is 0 Å². The molecule has 1 fully saturated rings. The smallest absolute Gasteiger partial charge is 0.313 e. The van der Waals surface area contributed by atoms with Crippen molar-refractivity contribution in [3.8, 4) is 0 Å². The van der Waals surface area contributed by atoms with E-state index in [4.69, 9.17) is 9.84 Å². The van der Waals surface area contributed by atoms with Crippen molar-refractivity contribution >= 4 is 17.7 Å². The Morgan fingerprint density at radius 3 is 3.00 bits per heavy atom. The molecule has 0 aromatic heterocycles. The number of rotatable bonds is 3. The van der Waals surface area contributed by atoms with E-state index in [2.05, 4.69) is 0 Å². The zero-order valence-corrected chi connectivity index (χ0v) is 7.10. The molecule has 4 heteroatoms. The third-order valence-corrected chi connectivity index (χ3v) is 2.69. The average molecular weight is 176 g/mol. The van der Waals surface area contributed by atoms with Gasteiger partial charge in [0, 0.05) is 6.61 Å². The topological polar surface area (TPSA) is 46.5 Å². The molecule has 0 saturated carbocycles. The zero-order valence-electron chi connectivity index (χ0n) is 6.28. The van der Waals surface area contributed by atoms with Crippen LogP contribution in [0.4, 0.5) is 0 Å². The minimum atomic E-state index is -0.760. The van der Waals surface area contributed by atoms with E-state index < -0.39 is 5.97 Å². The van der Waals surface area contributed by atoms with Crippen molar-refractivity contribution in [3.63, 3.8) is 0 Å². The molecule has 0 amide bonds. The summed E-state index contributed by atoms with van der Waals surface area (Å²) in [6, 6.07) is 0. The largest absolute Gasteiger partial charge is 0.481 e. The lowest BCUT2D eigenvalue weighted by molar-refractivity contribution is -0.133. The number of carboxylic acids is 1. The Kier molecular flexibility index (Phi) is 3.72. The van der Waals surface area contributed by atoms with Crippen molar-refractivity contribution in [2.75, 3.05) is 12.4 Å². The third kappa shape index (κ3) is 3.62. The molecule has 1 atom stereocenters. The first-order chi connectivity index (χ1) is 5.29. The Morgan fingerprint density at radius 2 is 2.45 bits per heavy atom. The fourth-order valence-electron chi connectivity index (χ4n) is 1.01. The van der Waals surface area contributed by atoms with Gasteiger partial charge in [0.25, 0.3) is 0 Å². The van der Waals surface area contributed by atoms with Crippen molar-refractivity contribution in [1.29, 1.82) is 0 Å². The first-order valence-corrected chi connectivity index (χ1v) is 4.79. The fraction of sp³-hybridized carbons (Fsp3) is 0.857. The molecule has 1 aliphatic heterocycles. The highest BCUT2D eigenvalue weighted by molar-refractivity contribution is 8.00. The van der Waals surface area contributed by atoms with Gasteiger partial charge in [-0.05, 0) is 19.3 Å². The summed E-state index contributed by atoms with van der Waals surface area (Å²) in [6.45, 7) is 0.789. The Labute approximate surface area is 70.1 Å². The van der Waals surface area contributed by atoms with Crippen molar-refractivity contribution in [2.45, 2.75) is 24.7 Å². The van der Waals surface area contributed by atoms with Crippen LogP contribution in [-0.2, 0) is 9.53 Å². The standard InChI is InChI=1S/C7H12O3S/c8-6(9)5-11-7-3-1-2-4-10-7/h7H,1-5H2,(H,8,9)/t7-/m1/s1. The van der Waals surface area contributed by atoms with E-state index in [0.717, 1.165) is 25.9 Å². The third-order valence-electron chi connectivity index (χ3n) is 1.53. The van der Waals surface area contributed by atoms with Gasteiger partial charge in [-0.3, -0.25) is 4.79 Å². The van der Waals surface area contributed by atoms with Gasteiger partial charge in [0.05, 0.1) is 5.75 Å². The summed E-state index contributed by atoms with van der Waals surface area (Å²) in [5.41, 5.74) is 0.125. The van der Waals surface area contributed by atoms with Crippen LogP contribution in [0.15, 0.2) is 0 Å². The first-order valence-electron chi connectivity index (χ1n) is 3.74. The molecule has 1 heterocycles. The average Bonchev–Trinajstić information content (AvgIpc) is 2.03. The van der Waals surface area contributed by atoms with Gasteiger partial charge in [-0.1, -0.05) is 0 Å². The Hall–Kier alpha value is -0.220. The van der Waals surface area contributed by atoms with E-state index in [1.807, 2.05) is 0 Å². The highest BCUT2D eigenvalue weighted by Gasteiger charge is 2.14. The van der Waals surface area contributed by atoms with Crippen LogP contribution in [0.2, 0.25) is 0 Å². The van der Waals surface area contributed by atoms with E-state index in [1.54, 1.807) is 0 Å². The monoisotopic (exact) mass is 176 g/mol. The van der Waals surface area contributed by atoms with Gasteiger partial charge < -0.3 is 9.84 Å². The molecule has 64 valence electrons. The predicted octanol–water partition coefficient (Wildman–Crippen LogP) is 1.33. The minimum Gasteiger partial charge on any atom is -0.481 e. The number of hydrogen-bond donors (Lipinski definition) is 1. The Balaban J connectivity index is 2.09. The fourth-order valence-corrected chi connectivity index (χ4v) is 1.86. The van der Waals surface area contributed by atoms with Crippen LogP contribution in [0.25, 0.3) is 0 Å². The summed E-state index contributed by atoms with van der Waals surface area (Å²) in [7, 11) is 0. The molecule has 0 spiro atoms. The zero-order chi connectivity index (χ0) is 8.10. The van der Waals surface area contributed by atoms with Crippen LogP contribution in [0.1, 0.15) is 19.3 Å². The summed E-state index contributed by atoms with van der Waals surface area (Å²) in [6.07, 6.45) is 3.28. The Bertz CT molecular complexity index is 132. The lowest BCUT2D eigenvalue weighted by Gasteiger charge is -2.20. The second-order valence-corrected chi connectivity index (χ2v) is 3.65. The molecule has 0 radical (unpaired) electrons. The highest BCUT2D eigenvalue weighted by atomic mass is 32.2. The van der Waals surface area contributed by atoms with Crippen molar-refractivity contribution < 1.29 is 14.6 Å². The molecule has 0 aromatic rings. The molecule has 0 aliphatic carbocycles. The first kappa shape index (κ1) is 8.87. The van der Waals surface area contributed by atoms with Crippen molar-refractivity contribution in [3.05, 3.63) is 0 Å². The molecule has 0 aromatic carbocycles. The van der Waals surface area contributed by atoms with Gasteiger partial charge in [0.15, 0.2) is 0 Å². The second kappa shape index (κ2) is 4.62. The van der Waals surface area contributed by atoms with E-state index >= 15 is 0 Å². The summed E-state index contributed by atoms with van der Waals surface area (Å²) in [4.78, 5) is 10.2. The summed E-state index contributed by atoms with van der Waals surface area (Å²) >= 11 is 1.38. The summed E-state index contributed by atoms with van der Waals surface area (Å²) < 4.78 is 5.33. The van der Waals surface area contributed by atoms with E-state index in [9.17, 15) is 4.79 Å². The molecule has 3 nitrogen and oxygen atoms in total. The van der Waals surface area contributed by atoms with Crippen LogP contribution in [0, 0.1) is 0 Å². The minimum absolute atomic E-state index is 0.125.